The number of allylic oxidation sites excluding steroid dienone is 1. The third-order valence-electron chi connectivity index (χ3n) is 3.26. The average molecular weight is 240 g/mol. The summed E-state index contributed by atoms with van der Waals surface area (Å²) in [5.41, 5.74) is 3.85. The molecule has 94 valence electrons. The van der Waals surface area contributed by atoms with Crippen LogP contribution in [0.1, 0.15) is 31.5 Å². The first-order valence-electron chi connectivity index (χ1n) is 6.64. The lowest BCUT2D eigenvalue weighted by atomic mass is 10.1. The Labute approximate surface area is 110 Å². The van der Waals surface area contributed by atoms with Crippen molar-refractivity contribution < 1.29 is 4.57 Å². The van der Waals surface area contributed by atoms with Crippen molar-refractivity contribution in [3.63, 3.8) is 0 Å². The third kappa shape index (κ3) is 2.79. The van der Waals surface area contributed by atoms with E-state index in [1.54, 1.807) is 0 Å². The number of aryl methyl sites for hydroxylation is 2. The molecule has 1 aromatic heterocycles. The molecule has 1 nitrogen and oxygen atoms in total. The van der Waals surface area contributed by atoms with Crippen LogP contribution in [0.15, 0.2) is 36.4 Å². The lowest BCUT2D eigenvalue weighted by molar-refractivity contribution is -0.646. The van der Waals surface area contributed by atoms with Crippen molar-refractivity contribution in [1.82, 2.24) is 0 Å². The molecule has 0 bridgehead atoms. The van der Waals surface area contributed by atoms with E-state index in [-0.39, 0.29) is 0 Å². The van der Waals surface area contributed by atoms with E-state index >= 15 is 0 Å². The van der Waals surface area contributed by atoms with Crippen molar-refractivity contribution in [3.05, 3.63) is 47.7 Å². The number of hydrogen-bond acceptors (Lipinski definition) is 0. The number of pyridine rings is 1. The number of nitrogens with zero attached hydrogens (tertiary/aromatic N) is 1. The topological polar surface area (TPSA) is 3.88 Å². The maximum absolute atomic E-state index is 2.26. The molecule has 2 rings (SSSR count). The number of hydrogen-bond donors (Lipinski definition) is 0. The number of benzene rings is 1. The minimum Gasteiger partial charge on any atom is -0.195 e. The predicted molar refractivity (Wildman–Crippen MR) is 78.4 cm³/mol. The Morgan fingerprint density at radius 1 is 1.17 bits per heavy atom. The number of aromatic nitrogens is 1. The van der Waals surface area contributed by atoms with E-state index in [1.807, 2.05) is 0 Å². The highest BCUT2D eigenvalue weighted by Gasteiger charge is 2.08. The minimum absolute atomic E-state index is 0.717. The molecule has 0 unspecified atom stereocenters. The van der Waals surface area contributed by atoms with Gasteiger partial charge < -0.3 is 0 Å². The van der Waals surface area contributed by atoms with E-state index in [0.717, 1.165) is 12.3 Å². The first-order chi connectivity index (χ1) is 8.58. The monoisotopic (exact) mass is 240 g/mol. The van der Waals surface area contributed by atoms with Gasteiger partial charge in [-0.25, -0.2) is 0 Å². The summed E-state index contributed by atoms with van der Waals surface area (Å²) in [6.07, 6.45) is 5.62. The van der Waals surface area contributed by atoms with Gasteiger partial charge in [-0.3, -0.25) is 0 Å². The summed E-state index contributed by atoms with van der Waals surface area (Å²) >= 11 is 0. The molecule has 0 N–H and O–H groups in total. The maximum Gasteiger partial charge on any atom is 0.212 e. The van der Waals surface area contributed by atoms with Crippen LogP contribution in [0.4, 0.5) is 0 Å². The van der Waals surface area contributed by atoms with Gasteiger partial charge in [-0.2, -0.15) is 4.57 Å². The smallest absolute Gasteiger partial charge is 0.195 e. The lowest BCUT2D eigenvalue weighted by Crippen LogP contribution is -2.32. The Morgan fingerprint density at radius 2 is 1.94 bits per heavy atom. The maximum atomic E-state index is 2.26. The van der Waals surface area contributed by atoms with Gasteiger partial charge in [0.2, 0.25) is 11.2 Å². The van der Waals surface area contributed by atoms with Crippen LogP contribution in [0.25, 0.3) is 17.0 Å². The second-order valence-corrected chi connectivity index (χ2v) is 5.41. The molecule has 0 atom stereocenters. The zero-order valence-corrected chi connectivity index (χ0v) is 11.8. The second kappa shape index (κ2) is 5.34. The molecule has 0 aliphatic heterocycles. The Bertz CT molecular complexity index is 579. The molecule has 0 fully saturated rings. The predicted octanol–water partition coefficient (Wildman–Crippen LogP) is 4.03. The molecule has 1 heteroatoms. The van der Waals surface area contributed by atoms with Crippen molar-refractivity contribution in [2.45, 2.75) is 27.2 Å². The summed E-state index contributed by atoms with van der Waals surface area (Å²) in [5.74, 6) is 0.717. The molecule has 0 amide bonds. The van der Waals surface area contributed by atoms with Crippen molar-refractivity contribution in [2.75, 3.05) is 0 Å². The van der Waals surface area contributed by atoms with Gasteiger partial charge in [0.05, 0.1) is 0 Å². The van der Waals surface area contributed by atoms with E-state index in [9.17, 15) is 0 Å². The Balaban J connectivity index is 2.39. The lowest BCUT2D eigenvalue weighted by Gasteiger charge is -2.01. The van der Waals surface area contributed by atoms with Crippen molar-refractivity contribution in [1.29, 1.82) is 0 Å². The zero-order valence-electron chi connectivity index (χ0n) is 11.8. The van der Waals surface area contributed by atoms with Crippen LogP contribution in [0.2, 0.25) is 0 Å². The highest BCUT2D eigenvalue weighted by Crippen LogP contribution is 2.13. The van der Waals surface area contributed by atoms with Gasteiger partial charge in [0.1, 0.15) is 7.05 Å². The van der Waals surface area contributed by atoms with Crippen LogP contribution >= 0.6 is 0 Å². The summed E-state index contributed by atoms with van der Waals surface area (Å²) in [4.78, 5) is 0. The summed E-state index contributed by atoms with van der Waals surface area (Å²) in [7, 11) is 2.13. The number of rotatable bonds is 3. The van der Waals surface area contributed by atoms with Gasteiger partial charge >= 0.3 is 0 Å². The molecule has 0 saturated heterocycles. The summed E-state index contributed by atoms with van der Waals surface area (Å²) < 4.78 is 2.26. The Hall–Kier alpha value is -1.63. The molecular formula is C17H22N+. The molecule has 2 aromatic rings. The molecule has 18 heavy (non-hydrogen) atoms. The fourth-order valence-electron chi connectivity index (χ4n) is 2.17. The normalized spacial score (nSPS) is 11.8. The van der Waals surface area contributed by atoms with E-state index in [1.165, 1.54) is 22.2 Å². The van der Waals surface area contributed by atoms with E-state index in [0.29, 0.717) is 0 Å². The van der Waals surface area contributed by atoms with Gasteiger partial charge in [0.25, 0.3) is 0 Å². The van der Waals surface area contributed by atoms with Crippen LogP contribution < -0.4 is 4.57 Å². The van der Waals surface area contributed by atoms with E-state index in [4.69, 9.17) is 0 Å². The number of fused-ring (bicyclic) bond motifs is 1. The molecular weight excluding hydrogens is 218 g/mol. The van der Waals surface area contributed by atoms with Crippen molar-refractivity contribution >= 4 is 17.0 Å². The molecule has 0 aliphatic rings. The van der Waals surface area contributed by atoms with Crippen molar-refractivity contribution in [3.8, 4) is 0 Å². The molecule has 0 radical (unpaired) electrons. The van der Waals surface area contributed by atoms with E-state index < -0.39 is 0 Å². The molecule has 0 saturated carbocycles. The van der Waals surface area contributed by atoms with Crippen LogP contribution in [-0.2, 0) is 7.05 Å². The molecule has 1 aromatic carbocycles. The minimum atomic E-state index is 0.717. The molecule has 0 spiro atoms. The van der Waals surface area contributed by atoms with Crippen LogP contribution in [0.5, 0.6) is 0 Å². The summed E-state index contributed by atoms with van der Waals surface area (Å²) in [6, 6.07) is 11.0. The van der Waals surface area contributed by atoms with Gasteiger partial charge in [-0.05, 0) is 31.4 Å². The van der Waals surface area contributed by atoms with Gasteiger partial charge in [0.15, 0.2) is 0 Å². The second-order valence-electron chi connectivity index (χ2n) is 5.41. The van der Waals surface area contributed by atoms with Crippen molar-refractivity contribution in [2.24, 2.45) is 13.0 Å². The SMILES string of the molecule is Cc1ccc2c(ccc(/C=C/CC(C)C)[n+]2C)c1. The standard InChI is InChI=1S/C17H22N/c1-13(2)6-5-7-16-10-9-15-12-14(3)8-11-17(15)18(16)4/h5,7-13H,6H2,1-4H3/q+1/b7-5+. The average Bonchev–Trinajstić information content (AvgIpc) is 2.31. The van der Waals surface area contributed by atoms with Gasteiger partial charge in [-0.1, -0.05) is 31.6 Å². The molecule has 0 aliphatic carbocycles. The first kappa shape index (κ1) is 12.8. The highest BCUT2D eigenvalue weighted by molar-refractivity contribution is 5.77. The van der Waals surface area contributed by atoms with E-state index in [2.05, 4.69) is 74.9 Å². The molecule has 1 heterocycles. The van der Waals surface area contributed by atoms with Gasteiger partial charge in [0, 0.05) is 23.6 Å². The fraction of sp³-hybridized carbons (Fsp3) is 0.353. The third-order valence-corrected chi connectivity index (χ3v) is 3.26. The summed E-state index contributed by atoms with van der Waals surface area (Å²) in [6.45, 7) is 6.62. The fourth-order valence-corrected chi connectivity index (χ4v) is 2.17. The Kier molecular flexibility index (Phi) is 3.81. The Morgan fingerprint density at radius 3 is 2.67 bits per heavy atom. The first-order valence-corrected chi connectivity index (χ1v) is 6.64. The summed E-state index contributed by atoms with van der Waals surface area (Å²) in [5, 5.41) is 1.30. The van der Waals surface area contributed by atoms with Gasteiger partial charge in [-0.15, -0.1) is 0 Å². The van der Waals surface area contributed by atoms with Crippen LogP contribution in [0, 0.1) is 12.8 Å². The zero-order chi connectivity index (χ0) is 13.1. The van der Waals surface area contributed by atoms with Crippen LogP contribution in [-0.4, -0.2) is 0 Å². The highest BCUT2D eigenvalue weighted by atomic mass is 14.9. The largest absolute Gasteiger partial charge is 0.212 e. The quantitative estimate of drug-likeness (QED) is 0.713. The van der Waals surface area contributed by atoms with Crippen LogP contribution in [0.3, 0.4) is 0 Å².